The van der Waals surface area contributed by atoms with Crippen LogP contribution in [0.2, 0.25) is 0 Å². The normalized spacial score (nSPS) is 17.8. The van der Waals surface area contributed by atoms with Crippen molar-refractivity contribution in [1.82, 2.24) is 15.5 Å². The maximum absolute atomic E-state index is 13.3. The maximum Gasteiger partial charge on any atom is 0.326 e. The van der Waals surface area contributed by atoms with Crippen LogP contribution in [0.3, 0.4) is 0 Å². The third kappa shape index (κ3) is 8.63. The van der Waals surface area contributed by atoms with Gasteiger partial charge in [-0.2, -0.15) is 0 Å². The van der Waals surface area contributed by atoms with Gasteiger partial charge in [0, 0.05) is 19.4 Å². The first-order chi connectivity index (χ1) is 17.0. The minimum atomic E-state index is -1.20. The van der Waals surface area contributed by atoms with E-state index in [1.165, 1.54) is 4.90 Å². The second-order valence-electron chi connectivity index (χ2n) is 9.51. The highest BCUT2D eigenvalue weighted by Crippen LogP contribution is 2.20. The Hall–Kier alpha value is -3.47. The molecule has 1 fully saturated rings. The van der Waals surface area contributed by atoms with Gasteiger partial charge in [-0.25, -0.2) is 4.79 Å². The van der Waals surface area contributed by atoms with Crippen molar-refractivity contribution in [3.05, 3.63) is 35.9 Å². The second-order valence-corrected chi connectivity index (χ2v) is 9.51. The molecule has 11 heteroatoms. The summed E-state index contributed by atoms with van der Waals surface area (Å²) in [5.74, 6) is -3.95. The lowest BCUT2D eigenvalue weighted by atomic mass is 10.0. The van der Waals surface area contributed by atoms with Crippen molar-refractivity contribution in [2.24, 2.45) is 11.7 Å². The number of hydrogen-bond acceptors (Lipinski definition) is 6. The molecule has 0 aliphatic carbocycles. The number of hydrogen-bond donors (Lipinski definition) is 5. The summed E-state index contributed by atoms with van der Waals surface area (Å²) in [6, 6.07) is 4.71. The lowest BCUT2D eigenvalue weighted by Gasteiger charge is -2.30. The van der Waals surface area contributed by atoms with Gasteiger partial charge in [0.2, 0.25) is 17.7 Å². The number of rotatable bonds is 13. The Morgan fingerprint density at radius 3 is 2.31 bits per heavy atom. The van der Waals surface area contributed by atoms with Crippen LogP contribution >= 0.6 is 0 Å². The lowest BCUT2D eigenvalue weighted by molar-refractivity contribution is -0.145. The summed E-state index contributed by atoms with van der Waals surface area (Å²) in [6.07, 6.45) is 0.768. The second kappa shape index (κ2) is 13.6. The average molecular weight is 505 g/mol. The fourth-order valence-corrected chi connectivity index (χ4v) is 4.24. The first kappa shape index (κ1) is 28.8. The quantitative estimate of drug-likeness (QED) is 0.258. The predicted molar refractivity (Wildman–Crippen MR) is 131 cm³/mol. The molecule has 0 saturated carbocycles. The van der Waals surface area contributed by atoms with Gasteiger partial charge in [-0.15, -0.1) is 0 Å². The third-order valence-electron chi connectivity index (χ3n) is 6.06. The van der Waals surface area contributed by atoms with E-state index in [1.54, 1.807) is 30.3 Å². The van der Waals surface area contributed by atoms with Crippen molar-refractivity contribution in [2.75, 3.05) is 6.54 Å². The molecule has 4 atom stereocenters. The van der Waals surface area contributed by atoms with Gasteiger partial charge >= 0.3 is 11.9 Å². The monoisotopic (exact) mass is 504 g/mol. The van der Waals surface area contributed by atoms with Crippen molar-refractivity contribution < 1.29 is 34.2 Å². The highest BCUT2D eigenvalue weighted by Gasteiger charge is 2.39. The Labute approximate surface area is 210 Å². The van der Waals surface area contributed by atoms with Crippen molar-refractivity contribution in [3.63, 3.8) is 0 Å². The largest absolute Gasteiger partial charge is 0.481 e. The summed E-state index contributed by atoms with van der Waals surface area (Å²) in [6.45, 7) is 4.02. The topological polar surface area (TPSA) is 179 Å². The number of benzene rings is 1. The Kier molecular flexibility index (Phi) is 10.8. The Morgan fingerprint density at radius 1 is 1.06 bits per heavy atom. The number of nitrogens with one attached hydrogen (secondary N) is 2. The molecule has 0 radical (unpaired) electrons. The van der Waals surface area contributed by atoms with Gasteiger partial charge in [-0.3, -0.25) is 19.2 Å². The van der Waals surface area contributed by atoms with Crippen LogP contribution in [-0.2, 0) is 30.4 Å². The number of carbonyl (C=O) groups excluding carboxylic acids is 3. The van der Waals surface area contributed by atoms with Crippen LogP contribution in [0.25, 0.3) is 0 Å². The molecule has 3 amide bonds. The fraction of sp³-hybridized carbons (Fsp3) is 0.560. The summed E-state index contributed by atoms with van der Waals surface area (Å²) in [4.78, 5) is 63.2. The smallest absolute Gasteiger partial charge is 0.326 e. The number of nitrogens with two attached hydrogens (primary N) is 1. The standard InChI is InChI=1S/C25H36N4O7/c1-15(2)13-17(26)22(32)27-18(10-11-21(30)31)24(34)29-12-6-9-20(29)23(33)28-19(25(35)36)14-16-7-4-3-5-8-16/h3-5,7-8,15,17-20H,6,9-14,26H2,1-2H3,(H,27,32)(H,28,33)(H,30,31)(H,35,36). The minimum absolute atomic E-state index is 0.0770. The summed E-state index contributed by atoms with van der Waals surface area (Å²) in [5.41, 5.74) is 6.66. The van der Waals surface area contributed by atoms with Crippen molar-refractivity contribution in [2.45, 2.75) is 76.5 Å². The zero-order valence-corrected chi connectivity index (χ0v) is 20.7. The van der Waals surface area contributed by atoms with Gasteiger partial charge in [0.15, 0.2) is 0 Å². The average Bonchev–Trinajstić information content (AvgIpc) is 3.31. The molecule has 1 heterocycles. The summed E-state index contributed by atoms with van der Waals surface area (Å²) in [7, 11) is 0. The number of likely N-dealkylation sites (tertiary alicyclic amines) is 1. The molecule has 36 heavy (non-hydrogen) atoms. The van der Waals surface area contributed by atoms with E-state index in [4.69, 9.17) is 10.8 Å². The van der Waals surface area contributed by atoms with Crippen LogP contribution in [-0.4, -0.2) is 75.5 Å². The molecule has 1 aromatic rings. The zero-order valence-electron chi connectivity index (χ0n) is 20.7. The Balaban J connectivity index is 2.13. The molecule has 0 aromatic heterocycles. The zero-order chi connectivity index (χ0) is 26.8. The third-order valence-corrected chi connectivity index (χ3v) is 6.06. The van der Waals surface area contributed by atoms with Crippen LogP contribution in [0.1, 0.15) is 51.5 Å². The van der Waals surface area contributed by atoms with Gasteiger partial charge in [-0.05, 0) is 37.2 Å². The lowest BCUT2D eigenvalue weighted by Crippen LogP contribution is -2.57. The molecule has 1 saturated heterocycles. The SMILES string of the molecule is CC(C)CC(N)C(=O)NC(CCC(=O)O)C(=O)N1CCCC1C(=O)NC(Cc1ccccc1)C(=O)O. The maximum atomic E-state index is 13.3. The van der Waals surface area contributed by atoms with E-state index < -0.39 is 53.8 Å². The predicted octanol–water partition coefficient (Wildman–Crippen LogP) is 0.513. The van der Waals surface area contributed by atoms with Gasteiger partial charge in [-0.1, -0.05) is 44.2 Å². The summed E-state index contributed by atoms with van der Waals surface area (Å²) < 4.78 is 0. The first-order valence-corrected chi connectivity index (χ1v) is 12.1. The number of carboxylic acids is 2. The van der Waals surface area contributed by atoms with Gasteiger partial charge in [0.05, 0.1) is 6.04 Å². The van der Waals surface area contributed by atoms with Crippen molar-refractivity contribution >= 4 is 29.7 Å². The molecule has 0 spiro atoms. The first-order valence-electron chi connectivity index (χ1n) is 12.1. The molecule has 6 N–H and O–H groups in total. The van der Waals surface area contributed by atoms with E-state index in [0.29, 0.717) is 19.3 Å². The van der Waals surface area contributed by atoms with Crippen LogP contribution in [0.15, 0.2) is 30.3 Å². The van der Waals surface area contributed by atoms with Gasteiger partial charge < -0.3 is 31.5 Å². The molecule has 1 aliphatic rings. The van der Waals surface area contributed by atoms with Gasteiger partial charge in [0.1, 0.15) is 18.1 Å². The number of carbonyl (C=O) groups is 5. The molecular weight excluding hydrogens is 468 g/mol. The highest BCUT2D eigenvalue weighted by atomic mass is 16.4. The van der Waals surface area contributed by atoms with Crippen LogP contribution in [0, 0.1) is 5.92 Å². The number of aliphatic carboxylic acids is 2. The fourth-order valence-electron chi connectivity index (χ4n) is 4.24. The molecule has 198 valence electrons. The van der Waals surface area contributed by atoms with E-state index in [2.05, 4.69) is 10.6 Å². The summed E-state index contributed by atoms with van der Waals surface area (Å²) in [5, 5.41) is 23.8. The molecule has 1 aliphatic heterocycles. The van der Waals surface area contributed by atoms with E-state index >= 15 is 0 Å². The van der Waals surface area contributed by atoms with Crippen LogP contribution < -0.4 is 16.4 Å². The van der Waals surface area contributed by atoms with Crippen molar-refractivity contribution in [3.8, 4) is 0 Å². The van der Waals surface area contributed by atoms with E-state index in [9.17, 15) is 29.1 Å². The van der Waals surface area contributed by atoms with E-state index in [0.717, 1.165) is 5.56 Å². The summed E-state index contributed by atoms with van der Waals surface area (Å²) >= 11 is 0. The molecule has 11 nitrogen and oxygen atoms in total. The molecular formula is C25H36N4O7. The number of nitrogens with zero attached hydrogens (tertiary/aromatic N) is 1. The number of amides is 3. The molecule has 0 bridgehead atoms. The highest BCUT2D eigenvalue weighted by molar-refractivity contribution is 5.94. The van der Waals surface area contributed by atoms with E-state index in [1.807, 2.05) is 13.8 Å². The molecule has 2 rings (SSSR count). The van der Waals surface area contributed by atoms with Crippen LogP contribution in [0.4, 0.5) is 0 Å². The van der Waals surface area contributed by atoms with Crippen LogP contribution in [0.5, 0.6) is 0 Å². The Morgan fingerprint density at radius 2 is 1.72 bits per heavy atom. The Bertz CT molecular complexity index is 938. The van der Waals surface area contributed by atoms with Crippen molar-refractivity contribution in [1.29, 1.82) is 0 Å². The molecule has 1 aromatic carbocycles. The molecule has 4 unspecified atom stereocenters. The minimum Gasteiger partial charge on any atom is -0.481 e. The van der Waals surface area contributed by atoms with Gasteiger partial charge in [0.25, 0.3) is 0 Å². The van der Waals surface area contributed by atoms with E-state index in [-0.39, 0.29) is 31.7 Å². The number of carboxylic acid groups (broad SMARTS) is 2.